The van der Waals surface area contributed by atoms with Crippen molar-refractivity contribution in [1.82, 2.24) is 19.7 Å². The number of aryl methyl sites for hydroxylation is 1. The van der Waals surface area contributed by atoms with Gasteiger partial charge in [-0.3, -0.25) is 9.36 Å². The Morgan fingerprint density at radius 1 is 1.04 bits per heavy atom. The van der Waals surface area contributed by atoms with Crippen molar-refractivity contribution in [2.45, 2.75) is 25.9 Å². The van der Waals surface area contributed by atoms with E-state index in [0.717, 1.165) is 16.8 Å². The summed E-state index contributed by atoms with van der Waals surface area (Å²) < 4.78 is 15.2. The molecule has 0 aliphatic heterocycles. The highest BCUT2D eigenvalue weighted by molar-refractivity contribution is 7.99. The van der Waals surface area contributed by atoms with Gasteiger partial charge in [-0.15, -0.1) is 10.2 Å². The van der Waals surface area contributed by atoms with Gasteiger partial charge in [-0.1, -0.05) is 29.5 Å². The number of rotatable bonds is 7. The summed E-state index contributed by atoms with van der Waals surface area (Å²) >= 11 is 1.36. The molecule has 146 valence electrons. The lowest BCUT2D eigenvalue weighted by atomic mass is 10.2. The Balaban J connectivity index is 1.97. The van der Waals surface area contributed by atoms with Crippen LogP contribution in [-0.2, 0) is 4.79 Å². The highest BCUT2D eigenvalue weighted by Crippen LogP contribution is 2.28. The lowest BCUT2D eigenvalue weighted by molar-refractivity contribution is -0.127. The first kappa shape index (κ1) is 20.1. The quantitative estimate of drug-likeness (QED) is 0.556. The minimum absolute atomic E-state index is 0.0665. The first-order valence-electron chi connectivity index (χ1n) is 9.22. The molecule has 0 unspecified atom stereocenters. The van der Waals surface area contributed by atoms with Gasteiger partial charge in [-0.25, -0.2) is 4.39 Å². The summed E-state index contributed by atoms with van der Waals surface area (Å²) in [6, 6.07) is 14.2. The molecule has 0 aliphatic carbocycles. The molecule has 1 amide bonds. The smallest absolute Gasteiger partial charge is 0.233 e. The zero-order chi connectivity index (χ0) is 20.1. The van der Waals surface area contributed by atoms with Crippen molar-refractivity contribution in [1.29, 1.82) is 0 Å². The number of carbonyl (C=O) groups is 1. The van der Waals surface area contributed by atoms with Crippen LogP contribution in [0.5, 0.6) is 0 Å². The maximum atomic E-state index is 13.3. The van der Waals surface area contributed by atoms with Crippen LogP contribution in [0.15, 0.2) is 53.7 Å². The summed E-state index contributed by atoms with van der Waals surface area (Å²) in [6.07, 6.45) is 0. The van der Waals surface area contributed by atoms with Gasteiger partial charge in [0.25, 0.3) is 0 Å². The molecule has 0 spiro atoms. The zero-order valence-corrected chi connectivity index (χ0v) is 17.0. The van der Waals surface area contributed by atoms with Crippen molar-refractivity contribution < 1.29 is 9.18 Å². The Hall–Kier alpha value is -2.67. The summed E-state index contributed by atoms with van der Waals surface area (Å²) in [5.74, 6) is 0.665. The minimum atomic E-state index is -0.301. The fourth-order valence-electron chi connectivity index (χ4n) is 2.87. The highest BCUT2D eigenvalue weighted by Gasteiger charge is 2.18. The van der Waals surface area contributed by atoms with Crippen molar-refractivity contribution >= 4 is 17.7 Å². The van der Waals surface area contributed by atoms with Crippen molar-refractivity contribution in [2.75, 3.05) is 18.8 Å². The molecule has 0 atom stereocenters. The minimum Gasteiger partial charge on any atom is -0.343 e. The summed E-state index contributed by atoms with van der Waals surface area (Å²) in [5.41, 5.74) is 2.80. The highest BCUT2D eigenvalue weighted by atomic mass is 32.2. The Morgan fingerprint density at radius 2 is 1.68 bits per heavy atom. The SMILES string of the molecule is CCN(CC)C(=O)CSc1nnc(-c2ccc(F)cc2)n1-c1ccc(C)cc1. The number of amides is 1. The predicted octanol–water partition coefficient (Wildman–Crippen LogP) is 4.34. The average Bonchev–Trinajstić information content (AvgIpc) is 3.12. The number of aromatic nitrogens is 3. The van der Waals surface area contributed by atoms with Gasteiger partial charge in [0.05, 0.1) is 5.75 Å². The van der Waals surface area contributed by atoms with Crippen LogP contribution in [0.4, 0.5) is 4.39 Å². The second kappa shape index (κ2) is 9.01. The fraction of sp³-hybridized carbons (Fsp3) is 0.286. The third kappa shape index (κ3) is 4.42. The van der Waals surface area contributed by atoms with E-state index < -0.39 is 0 Å². The lowest BCUT2D eigenvalue weighted by Crippen LogP contribution is -2.31. The summed E-state index contributed by atoms with van der Waals surface area (Å²) in [6.45, 7) is 7.32. The van der Waals surface area contributed by atoms with Gasteiger partial charge < -0.3 is 4.90 Å². The molecule has 0 aliphatic rings. The predicted molar refractivity (Wildman–Crippen MR) is 110 cm³/mol. The van der Waals surface area contributed by atoms with E-state index in [0.29, 0.717) is 24.1 Å². The second-order valence-corrected chi connectivity index (χ2v) is 7.28. The van der Waals surface area contributed by atoms with E-state index in [9.17, 15) is 9.18 Å². The molecule has 7 heteroatoms. The largest absolute Gasteiger partial charge is 0.343 e. The summed E-state index contributed by atoms with van der Waals surface area (Å²) in [4.78, 5) is 14.2. The van der Waals surface area contributed by atoms with Gasteiger partial charge in [0, 0.05) is 24.3 Å². The van der Waals surface area contributed by atoms with Crippen LogP contribution >= 0.6 is 11.8 Å². The van der Waals surface area contributed by atoms with Crippen LogP contribution in [0, 0.1) is 12.7 Å². The van der Waals surface area contributed by atoms with Gasteiger partial charge in [0.1, 0.15) is 5.82 Å². The van der Waals surface area contributed by atoms with Crippen molar-refractivity contribution in [2.24, 2.45) is 0 Å². The second-order valence-electron chi connectivity index (χ2n) is 6.34. The van der Waals surface area contributed by atoms with Gasteiger partial charge in [-0.2, -0.15) is 0 Å². The third-order valence-electron chi connectivity index (χ3n) is 4.47. The Kier molecular flexibility index (Phi) is 6.46. The van der Waals surface area contributed by atoms with E-state index in [1.165, 1.54) is 23.9 Å². The maximum absolute atomic E-state index is 13.3. The molecule has 3 rings (SSSR count). The molecule has 2 aromatic carbocycles. The first-order valence-corrected chi connectivity index (χ1v) is 10.2. The molecule has 1 heterocycles. The van der Waals surface area contributed by atoms with Gasteiger partial charge in [-0.05, 0) is 57.2 Å². The molecule has 0 N–H and O–H groups in total. The number of hydrogen-bond acceptors (Lipinski definition) is 4. The molecule has 0 saturated carbocycles. The number of halogens is 1. The number of benzene rings is 2. The third-order valence-corrected chi connectivity index (χ3v) is 5.38. The number of hydrogen-bond donors (Lipinski definition) is 0. The number of carbonyl (C=O) groups excluding carboxylic acids is 1. The zero-order valence-electron chi connectivity index (χ0n) is 16.2. The molecule has 0 radical (unpaired) electrons. The van der Waals surface area contributed by atoms with E-state index in [2.05, 4.69) is 10.2 Å². The lowest BCUT2D eigenvalue weighted by Gasteiger charge is -2.18. The molecule has 1 aromatic heterocycles. The topological polar surface area (TPSA) is 51.0 Å². The average molecular weight is 399 g/mol. The molecular formula is C21H23FN4OS. The van der Waals surface area contributed by atoms with Crippen molar-refractivity contribution in [3.8, 4) is 17.1 Å². The summed E-state index contributed by atoms with van der Waals surface area (Å²) in [5, 5.41) is 9.26. The molecule has 0 saturated heterocycles. The van der Waals surface area contributed by atoms with Crippen LogP contribution in [0.25, 0.3) is 17.1 Å². The molecule has 28 heavy (non-hydrogen) atoms. The van der Waals surface area contributed by atoms with E-state index in [1.807, 2.05) is 49.6 Å². The van der Waals surface area contributed by atoms with Crippen LogP contribution in [0.3, 0.4) is 0 Å². The van der Waals surface area contributed by atoms with Gasteiger partial charge in [0.2, 0.25) is 5.91 Å². The molecule has 0 fully saturated rings. The standard InChI is InChI=1S/C21H23FN4OS/c1-4-25(5-2)19(27)14-28-21-24-23-20(16-8-10-17(22)11-9-16)26(21)18-12-6-15(3)7-13-18/h6-13H,4-5,14H2,1-3H3. The normalized spacial score (nSPS) is 10.9. The fourth-order valence-corrected chi connectivity index (χ4v) is 3.72. The van der Waals surface area contributed by atoms with Crippen molar-refractivity contribution in [3.05, 3.63) is 59.9 Å². The van der Waals surface area contributed by atoms with E-state index in [-0.39, 0.29) is 17.5 Å². The van der Waals surface area contributed by atoms with Crippen LogP contribution in [0.1, 0.15) is 19.4 Å². The first-order chi connectivity index (χ1) is 13.5. The Labute approximate surface area is 168 Å². The van der Waals surface area contributed by atoms with Crippen LogP contribution in [0.2, 0.25) is 0 Å². The van der Waals surface area contributed by atoms with Gasteiger partial charge in [0.15, 0.2) is 11.0 Å². The Bertz CT molecular complexity index is 934. The number of thioether (sulfide) groups is 1. The molecule has 5 nitrogen and oxygen atoms in total. The van der Waals surface area contributed by atoms with Gasteiger partial charge >= 0.3 is 0 Å². The van der Waals surface area contributed by atoms with E-state index >= 15 is 0 Å². The van der Waals surface area contributed by atoms with E-state index in [1.54, 1.807) is 17.0 Å². The Morgan fingerprint density at radius 3 is 2.29 bits per heavy atom. The van der Waals surface area contributed by atoms with Crippen LogP contribution in [-0.4, -0.2) is 44.4 Å². The van der Waals surface area contributed by atoms with Crippen LogP contribution < -0.4 is 0 Å². The molecule has 3 aromatic rings. The van der Waals surface area contributed by atoms with Crippen molar-refractivity contribution in [3.63, 3.8) is 0 Å². The molecular weight excluding hydrogens is 375 g/mol. The maximum Gasteiger partial charge on any atom is 0.233 e. The number of nitrogens with zero attached hydrogens (tertiary/aromatic N) is 4. The molecule has 0 bridgehead atoms. The monoisotopic (exact) mass is 398 g/mol. The summed E-state index contributed by atoms with van der Waals surface area (Å²) in [7, 11) is 0. The van der Waals surface area contributed by atoms with E-state index in [4.69, 9.17) is 0 Å².